The van der Waals surface area contributed by atoms with E-state index in [4.69, 9.17) is 14.2 Å². The number of hydrogen-bond donors (Lipinski definition) is 1. The van der Waals surface area contributed by atoms with E-state index >= 15 is 0 Å². The molecule has 1 N–H and O–H groups in total. The number of ether oxygens (including phenoxy) is 3. The van der Waals surface area contributed by atoms with E-state index < -0.39 is 5.60 Å². The van der Waals surface area contributed by atoms with Crippen LogP contribution in [0.25, 0.3) is 0 Å². The molecule has 31 heavy (non-hydrogen) atoms. The quantitative estimate of drug-likeness (QED) is 0.524. The highest BCUT2D eigenvalue weighted by atomic mass is 16.5. The van der Waals surface area contributed by atoms with Crippen molar-refractivity contribution in [1.82, 2.24) is 4.90 Å². The molecule has 1 aromatic rings. The molecule has 0 saturated carbocycles. The lowest BCUT2D eigenvalue weighted by atomic mass is 9.69. The fourth-order valence-corrected chi connectivity index (χ4v) is 6.11. The average molecular weight is 429 g/mol. The molecule has 3 aliphatic heterocycles. The first kappa shape index (κ1) is 22.2. The Morgan fingerprint density at radius 2 is 2.13 bits per heavy atom. The highest BCUT2D eigenvalue weighted by Crippen LogP contribution is 2.54. The Morgan fingerprint density at radius 1 is 1.32 bits per heavy atom. The minimum absolute atomic E-state index is 0.102. The van der Waals surface area contributed by atoms with Crippen LogP contribution in [0, 0.1) is 11.8 Å². The zero-order valence-electron chi connectivity index (χ0n) is 19.3. The van der Waals surface area contributed by atoms with Crippen LogP contribution in [-0.2, 0) is 19.9 Å². The molecule has 1 aromatic carbocycles. The summed E-state index contributed by atoms with van der Waals surface area (Å²) in [7, 11) is 3.17. The Hall–Kier alpha value is -2.05. The maximum atomic E-state index is 12.3. The molecule has 0 amide bonds. The number of methoxy groups -OCH3 is 2. The van der Waals surface area contributed by atoms with E-state index in [1.165, 1.54) is 7.11 Å². The lowest BCUT2D eigenvalue weighted by molar-refractivity contribution is -0.139. The van der Waals surface area contributed by atoms with Crippen LogP contribution in [-0.4, -0.2) is 56.9 Å². The van der Waals surface area contributed by atoms with E-state index in [2.05, 4.69) is 36.7 Å². The van der Waals surface area contributed by atoms with Gasteiger partial charge in [-0.2, -0.15) is 0 Å². The number of carbonyl (C=O) groups excluding carboxylic acids is 1. The van der Waals surface area contributed by atoms with Gasteiger partial charge in [-0.3, -0.25) is 4.90 Å². The fraction of sp³-hybridized carbons (Fsp3) is 0.640. The number of anilines is 1. The molecule has 2 fully saturated rings. The smallest absolute Gasteiger partial charge is 0.333 e. The molecule has 1 unspecified atom stereocenters. The molecule has 5 atom stereocenters. The van der Waals surface area contributed by atoms with Crippen molar-refractivity contribution in [3.63, 3.8) is 0 Å². The van der Waals surface area contributed by atoms with Crippen LogP contribution in [0.2, 0.25) is 0 Å². The first-order valence-electron chi connectivity index (χ1n) is 11.6. The normalized spacial score (nSPS) is 31.7. The zero-order valence-corrected chi connectivity index (χ0v) is 19.3. The molecule has 4 rings (SSSR count). The topological polar surface area (TPSA) is 60.0 Å². The molecule has 6 heteroatoms. The first-order valence-corrected chi connectivity index (χ1v) is 11.6. The van der Waals surface area contributed by atoms with Gasteiger partial charge in [0, 0.05) is 37.0 Å². The van der Waals surface area contributed by atoms with Crippen LogP contribution in [0.15, 0.2) is 30.4 Å². The minimum Gasteiger partial charge on any atom is -0.496 e. The maximum absolute atomic E-state index is 12.3. The summed E-state index contributed by atoms with van der Waals surface area (Å²) in [5.74, 6) is 1.12. The van der Waals surface area contributed by atoms with E-state index in [0.717, 1.165) is 55.8 Å². The largest absolute Gasteiger partial charge is 0.496 e. The third-order valence-electron chi connectivity index (χ3n) is 7.62. The lowest BCUT2D eigenvalue weighted by Gasteiger charge is -2.54. The van der Waals surface area contributed by atoms with Gasteiger partial charge in [-0.25, -0.2) is 4.79 Å². The summed E-state index contributed by atoms with van der Waals surface area (Å²) >= 11 is 0. The molecule has 0 aliphatic carbocycles. The van der Waals surface area contributed by atoms with Crippen LogP contribution in [0.5, 0.6) is 5.75 Å². The second-order valence-corrected chi connectivity index (χ2v) is 9.08. The number of esters is 1. The molecule has 0 spiro atoms. The Balaban J connectivity index is 1.71. The fourth-order valence-electron chi connectivity index (χ4n) is 6.11. The van der Waals surface area contributed by atoms with Gasteiger partial charge in [0.25, 0.3) is 0 Å². The van der Waals surface area contributed by atoms with Crippen LogP contribution in [0.4, 0.5) is 5.69 Å². The molecule has 3 aliphatic rings. The van der Waals surface area contributed by atoms with Crippen LogP contribution in [0.1, 0.15) is 45.1 Å². The zero-order chi connectivity index (χ0) is 22.2. The predicted octanol–water partition coefficient (Wildman–Crippen LogP) is 3.96. The first-order chi connectivity index (χ1) is 15.0. The molecule has 170 valence electrons. The van der Waals surface area contributed by atoms with Crippen molar-refractivity contribution in [3.8, 4) is 5.75 Å². The number of fused-ring (bicyclic) bond motifs is 5. The minimum atomic E-state index is -0.421. The second-order valence-electron chi connectivity index (χ2n) is 9.08. The highest BCUT2D eigenvalue weighted by Gasteiger charge is 2.58. The summed E-state index contributed by atoms with van der Waals surface area (Å²) < 4.78 is 17.5. The summed E-state index contributed by atoms with van der Waals surface area (Å²) in [6.07, 6.45) is 3.78. The van der Waals surface area contributed by atoms with Gasteiger partial charge < -0.3 is 19.5 Å². The number of hydrogen-bond acceptors (Lipinski definition) is 6. The standard InChI is InChI=1S/C25H36N2O4/c1-6-13-31-25-11-12-27-15-17(7-2)18(16(3)24(28)30-5)14-20(27)23(25)26-19-9-8-10-21(29-4)22(19)25/h8-10,17-18,20,23,26H,3,6-7,11-15H2,1-2,4-5H3/t17-,18-,20+,23?,25+/m1/s1. The molecule has 3 heterocycles. The van der Waals surface area contributed by atoms with Gasteiger partial charge in [-0.1, -0.05) is 32.9 Å². The summed E-state index contributed by atoms with van der Waals surface area (Å²) in [6.45, 7) is 11.1. The monoisotopic (exact) mass is 428 g/mol. The number of nitrogens with zero attached hydrogens (tertiary/aromatic N) is 1. The van der Waals surface area contributed by atoms with Gasteiger partial charge in [-0.15, -0.1) is 0 Å². The lowest BCUT2D eigenvalue weighted by Crippen LogP contribution is -2.64. The van der Waals surface area contributed by atoms with Crippen molar-refractivity contribution in [3.05, 3.63) is 35.9 Å². The summed E-state index contributed by atoms with van der Waals surface area (Å²) in [4.78, 5) is 14.9. The van der Waals surface area contributed by atoms with Gasteiger partial charge in [0.1, 0.15) is 11.4 Å². The predicted molar refractivity (Wildman–Crippen MR) is 121 cm³/mol. The Kier molecular flexibility index (Phi) is 6.31. The number of benzene rings is 1. The van der Waals surface area contributed by atoms with Crippen molar-refractivity contribution in [2.75, 3.05) is 39.2 Å². The second kappa shape index (κ2) is 8.83. The summed E-state index contributed by atoms with van der Waals surface area (Å²) in [5.41, 5.74) is 2.43. The van der Waals surface area contributed by atoms with E-state index in [9.17, 15) is 4.79 Å². The van der Waals surface area contributed by atoms with Crippen molar-refractivity contribution in [2.45, 2.75) is 57.2 Å². The summed E-state index contributed by atoms with van der Waals surface area (Å²) in [5, 5.41) is 3.80. The molecule has 0 aromatic heterocycles. The molecule has 6 nitrogen and oxygen atoms in total. The van der Waals surface area contributed by atoms with Crippen molar-refractivity contribution in [2.24, 2.45) is 11.8 Å². The highest BCUT2D eigenvalue weighted by molar-refractivity contribution is 5.88. The number of nitrogens with one attached hydrogen (secondary N) is 1. The van der Waals surface area contributed by atoms with E-state index in [-0.39, 0.29) is 24.0 Å². The molecular formula is C25H36N2O4. The van der Waals surface area contributed by atoms with Crippen molar-refractivity contribution < 1.29 is 19.0 Å². The van der Waals surface area contributed by atoms with Gasteiger partial charge in [0.2, 0.25) is 0 Å². The molecule has 0 bridgehead atoms. The van der Waals surface area contributed by atoms with Gasteiger partial charge in [0.05, 0.1) is 25.8 Å². The molecule has 2 saturated heterocycles. The van der Waals surface area contributed by atoms with Gasteiger partial charge in [-0.05, 0) is 43.2 Å². The van der Waals surface area contributed by atoms with Crippen molar-refractivity contribution >= 4 is 11.7 Å². The van der Waals surface area contributed by atoms with E-state index in [0.29, 0.717) is 18.1 Å². The maximum Gasteiger partial charge on any atom is 0.333 e. The third-order valence-corrected chi connectivity index (χ3v) is 7.62. The molecule has 0 radical (unpaired) electrons. The SMILES string of the molecule is C=C(C(=O)OC)[C@H]1C[C@H]2C3Nc4cccc(OC)c4[C@@]3(OCCC)CCN2C[C@H]1CC. The Morgan fingerprint density at radius 3 is 2.81 bits per heavy atom. The van der Waals surface area contributed by atoms with Crippen LogP contribution >= 0.6 is 0 Å². The third kappa shape index (κ3) is 3.54. The van der Waals surface area contributed by atoms with Gasteiger partial charge >= 0.3 is 5.97 Å². The van der Waals surface area contributed by atoms with Gasteiger partial charge in [0.15, 0.2) is 0 Å². The Labute approximate surface area is 185 Å². The summed E-state index contributed by atoms with van der Waals surface area (Å²) in [6, 6.07) is 6.53. The van der Waals surface area contributed by atoms with Crippen LogP contribution in [0.3, 0.4) is 0 Å². The van der Waals surface area contributed by atoms with Crippen LogP contribution < -0.4 is 10.1 Å². The molecular weight excluding hydrogens is 392 g/mol. The number of carbonyl (C=O) groups is 1. The Bertz CT molecular complexity index is 841. The van der Waals surface area contributed by atoms with Crippen molar-refractivity contribution in [1.29, 1.82) is 0 Å². The number of piperidine rings is 2. The number of rotatable bonds is 7. The average Bonchev–Trinajstić information content (AvgIpc) is 3.15. The van der Waals surface area contributed by atoms with E-state index in [1.54, 1.807) is 7.11 Å². The van der Waals surface area contributed by atoms with E-state index in [1.807, 2.05) is 12.1 Å².